The molecule has 428 valence electrons. The van der Waals surface area contributed by atoms with Crippen molar-refractivity contribution in [2.75, 3.05) is 13.2 Å². The first-order valence-corrected chi connectivity index (χ1v) is 31.9. The molecule has 0 aliphatic rings. The highest BCUT2D eigenvalue weighted by atomic mass is 16.6. The molecule has 0 fully saturated rings. The van der Waals surface area contributed by atoms with Crippen molar-refractivity contribution in [3.8, 4) is 0 Å². The quantitative estimate of drug-likeness (QED) is 0.0261. The lowest BCUT2D eigenvalue weighted by molar-refractivity contribution is -0.167. The lowest BCUT2D eigenvalue weighted by atomic mass is 10.0. The zero-order valence-electron chi connectivity index (χ0n) is 49.1. The van der Waals surface area contributed by atoms with E-state index in [1.807, 2.05) is 0 Å². The number of ether oxygens (including phenoxy) is 3. The first-order chi connectivity index (χ1) is 36.5. The van der Waals surface area contributed by atoms with E-state index in [9.17, 15) is 14.4 Å². The van der Waals surface area contributed by atoms with E-state index in [0.29, 0.717) is 19.3 Å². The maximum Gasteiger partial charge on any atom is 0.306 e. The molecule has 0 aliphatic heterocycles. The standard InChI is InChI=1S/C68H120O6/c1-4-7-10-13-16-19-22-25-27-29-30-31-32-33-34-35-36-37-38-40-41-43-46-49-52-55-58-61-67(70)73-64-65(63-72-66(69)60-57-54-51-48-45-24-21-18-15-12-9-6-3)74-68(71)62-59-56-53-50-47-44-42-39-28-26-23-20-17-14-11-8-5-2/h7,10,16,18-19,21,25,27,30-31,33-34,65H,4-6,8-9,11-15,17,20,22-24,26,28-29,32,35-64H2,1-3H3/b10-7-,19-16-,21-18-,27-25-,31-30-,34-33-. The Morgan fingerprint density at radius 1 is 0.284 bits per heavy atom. The number of carbonyl (C=O) groups is 3. The van der Waals surface area contributed by atoms with E-state index in [-0.39, 0.29) is 31.1 Å². The van der Waals surface area contributed by atoms with Crippen LogP contribution in [-0.4, -0.2) is 37.2 Å². The molecule has 74 heavy (non-hydrogen) atoms. The fraction of sp³-hybridized carbons (Fsp3) is 0.779. The Morgan fingerprint density at radius 3 is 0.865 bits per heavy atom. The second-order valence-corrected chi connectivity index (χ2v) is 21.3. The summed E-state index contributed by atoms with van der Waals surface area (Å²) in [5, 5.41) is 0. The Balaban J connectivity index is 4.25. The second kappa shape index (κ2) is 62.4. The third-order valence-corrected chi connectivity index (χ3v) is 13.9. The molecule has 1 atom stereocenters. The van der Waals surface area contributed by atoms with Crippen molar-refractivity contribution in [1.29, 1.82) is 0 Å². The summed E-state index contributed by atoms with van der Waals surface area (Å²) in [5.41, 5.74) is 0. The number of rotatable bonds is 58. The van der Waals surface area contributed by atoms with Crippen molar-refractivity contribution in [2.24, 2.45) is 0 Å². The van der Waals surface area contributed by atoms with E-state index < -0.39 is 6.10 Å². The molecule has 6 heteroatoms. The third kappa shape index (κ3) is 59.7. The van der Waals surface area contributed by atoms with E-state index in [1.54, 1.807) is 0 Å². The second-order valence-electron chi connectivity index (χ2n) is 21.3. The third-order valence-electron chi connectivity index (χ3n) is 13.9. The van der Waals surface area contributed by atoms with Crippen LogP contribution in [-0.2, 0) is 28.6 Å². The van der Waals surface area contributed by atoms with Crippen LogP contribution >= 0.6 is 0 Å². The Kier molecular flexibility index (Phi) is 59.7. The molecule has 0 heterocycles. The lowest BCUT2D eigenvalue weighted by Gasteiger charge is -2.18. The van der Waals surface area contributed by atoms with Gasteiger partial charge < -0.3 is 14.2 Å². The van der Waals surface area contributed by atoms with Gasteiger partial charge in [-0.1, -0.05) is 286 Å². The number of carbonyl (C=O) groups excluding carboxylic acids is 3. The summed E-state index contributed by atoms with van der Waals surface area (Å²) in [7, 11) is 0. The molecule has 0 saturated heterocycles. The predicted octanol–water partition coefficient (Wildman–Crippen LogP) is 21.7. The van der Waals surface area contributed by atoms with Crippen LogP contribution < -0.4 is 0 Å². The molecule has 0 radical (unpaired) electrons. The highest BCUT2D eigenvalue weighted by Gasteiger charge is 2.19. The fourth-order valence-electron chi connectivity index (χ4n) is 9.17. The number of unbranched alkanes of at least 4 members (excludes halogenated alkanes) is 35. The van der Waals surface area contributed by atoms with Crippen LogP contribution in [0.5, 0.6) is 0 Å². The maximum absolute atomic E-state index is 12.9. The van der Waals surface area contributed by atoms with E-state index in [1.165, 1.54) is 186 Å². The summed E-state index contributed by atoms with van der Waals surface area (Å²) >= 11 is 0. The topological polar surface area (TPSA) is 78.9 Å². The van der Waals surface area contributed by atoms with Crippen LogP contribution in [0.4, 0.5) is 0 Å². The summed E-state index contributed by atoms with van der Waals surface area (Å²) in [6.45, 7) is 6.53. The van der Waals surface area contributed by atoms with Gasteiger partial charge in [0.05, 0.1) is 0 Å². The molecule has 0 spiro atoms. The normalized spacial score (nSPS) is 12.5. The van der Waals surface area contributed by atoms with Gasteiger partial charge >= 0.3 is 17.9 Å². The molecular weight excluding hydrogens is 913 g/mol. The van der Waals surface area contributed by atoms with Crippen molar-refractivity contribution in [1.82, 2.24) is 0 Å². The fourth-order valence-corrected chi connectivity index (χ4v) is 9.17. The van der Waals surface area contributed by atoms with Gasteiger partial charge in [0.1, 0.15) is 13.2 Å². The van der Waals surface area contributed by atoms with Crippen LogP contribution in [0, 0.1) is 0 Å². The Hall–Kier alpha value is -3.15. The van der Waals surface area contributed by atoms with Gasteiger partial charge in [-0.25, -0.2) is 0 Å². The molecule has 0 rings (SSSR count). The summed E-state index contributed by atoms with van der Waals surface area (Å²) < 4.78 is 16.9. The number of hydrogen-bond donors (Lipinski definition) is 0. The summed E-state index contributed by atoms with van der Waals surface area (Å²) in [4.78, 5) is 38.3. The molecule has 0 N–H and O–H groups in total. The van der Waals surface area contributed by atoms with Crippen LogP contribution in [0.1, 0.15) is 323 Å². The average molecular weight is 1030 g/mol. The van der Waals surface area contributed by atoms with E-state index in [2.05, 4.69) is 93.7 Å². The highest BCUT2D eigenvalue weighted by Crippen LogP contribution is 2.17. The lowest BCUT2D eigenvalue weighted by Crippen LogP contribution is -2.30. The van der Waals surface area contributed by atoms with Gasteiger partial charge in [-0.2, -0.15) is 0 Å². The minimum Gasteiger partial charge on any atom is -0.462 e. The minimum absolute atomic E-state index is 0.0761. The van der Waals surface area contributed by atoms with Gasteiger partial charge in [-0.05, 0) is 89.9 Å². The molecule has 0 aromatic rings. The van der Waals surface area contributed by atoms with Crippen molar-refractivity contribution in [3.63, 3.8) is 0 Å². The average Bonchev–Trinajstić information content (AvgIpc) is 3.40. The molecule has 0 aliphatic carbocycles. The minimum atomic E-state index is -0.778. The van der Waals surface area contributed by atoms with E-state index in [4.69, 9.17) is 14.2 Å². The highest BCUT2D eigenvalue weighted by molar-refractivity contribution is 5.71. The first-order valence-electron chi connectivity index (χ1n) is 31.9. The van der Waals surface area contributed by atoms with Gasteiger partial charge in [0, 0.05) is 19.3 Å². The summed E-state index contributed by atoms with van der Waals surface area (Å²) in [6, 6.07) is 0. The van der Waals surface area contributed by atoms with Crippen LogP contribution in [0.3, 0.4) is 0 Å². The molecule has 0 amide bonds. The van der Waals surface area contributed by atoms with Crippen LogP contribution in [0.15, 0.2) is 72.9 Å². The number of hydrogen-bond acceptors (Lipinski definition) is 6. The van der Waals surface area contributed by atoms with Gasteiger partial charge in [-0.3, -0.25) is 14.4 Å². The Labute approximate surface area is 459 Å². The Morgan fingerprint density at radius 2 is 0.527 bits per heavy atom. The largest absolute Gasteiger partial charge is 0.462 e. The van der Waals surface area contributed by atoms with Gasteiger partial charge in [0.15, 0.2) is 6.10 Å². The van der Waals surface area contributed by atoms with Gasteiger partial charge in [0.25, 0.3) is 0 Å². The molecule has 0 bridgehead atoms. The first kappa shape index (κ1) is 70.8. The predicted molar refractivity (Wildman–Crippen MR) is 321 cm³/mol. The van der Waals surface area contributed by atoms with Crippen molar-refractivity contribution in [2.45, 2.75) is 329 Å². The maximum atomic E-state index is 12.9. The number of allylic oxidation sites excluding steroid dienone is 12. The molecule has 0 saturated carbocycles. The summed E-state index contributed by atoms with van der Waals surface area (Å²) in [6.07, 6.45) is 80.5. The van der Waals surface area contributed by atoms with Crippen LogP contribution in [0.25, 0.3) is 0 Å². The SMILES string of the molecule is CC/C=C\C/C=C\C/C=C\C/C=C\C/C=C\CCCCCCCCCCCCCC(=O)OCC(COC(=O)CCCCCCC/C=C\CCCCC)OC(=O)CCCCCCCCCCCCCCCCCCC. The zero-order chi connectivity index (χ0) is 53.6. The van der Waals surface area contributed by atoms with Crippen LogP contribution in [0.2, 0.25) is 0 Å². The Bertz CT molecular complexity index is 1370. The molecule has 6 nitrogen and oxygen atoms in total. The van der Waals surface area contributed by atoms with Crippen molar-refractivity contribution < 1.29 is 28.6 Å². The van der Waals surface area contributed by atoms with E-state index in [0.717, 1.165) is 96.3 Å². The molecule has 1 unspecified atom stereocenters. The molecule has 0 aromatic heterocycles. The smallest absolute Gasteiger partial charge is 0.306 e. The van der Waals surface area contributed by atoms with Gasteiger partial charge in [0.2, 0.25) is 0 Å². The van der Waals surface area contributed by atoms with Crippen molar-refractivity contribution >= 4 is 17.9 Å². The zero-order valence-corrected chi connectivity index (χ0v) is 49.1. The summed E-state index contributed by atoms with van der Waals surface area (Å²) in [5.74, 6) is -0.872. The number of esters is 3. The van der Waals surface area contributed by atoms with Gasteiger partial charge in [-0.15, -0.1) is 0 Å². The van der Waals surface area contributed by atoms with E-state index >= 15 is 0 Å². The molecular formula is C68H120O6. The molecule has 0 aromatic carbocycles. The monoisotopic (exact) mass is 1030 g/mol. The van der Waals surface area contributed by atoms with Crippen molar-refractivity contribution in [3.05, 3.63) is 72.9 Å².